The molecule has 0 aromatic rings. The molecule has 0 aliphatic carbocycles. The molecule has 0 spiro atoms. The van der Waals surface area contributed by atoms with Crippen molar-refractivity contribution in [3.05, 3.63) is 0 Å². The maximum Gasteiger partial charge on any atom is 0.308 e. The summed E-state index contributed by atoms with van der Waals surface area (Å²) in [5.41, 5.74) is 0. The average molecular weight is 626 g/mol. The number of esters is 2. The van der Waals surface area contributed by atoms with Crippen LogP contribution >= 0.6 is 0 Å². The molecule has 0 amide bonds. The minimum atomic E-state index is -0.0506. The van der Waals surface area contributed by atoms with Crippen molar-refractivity contribution in [2.75, 3.05) is 39.5 Å². The lowest BCUT2D eigenvalue weighted by atomic mass is 9.94. The Morgan fingerprint density at radius 1 is 0.591 bits per heavy atom. The molecule has 0 rings (SSSR count). The van der Waals surface area contributed by atoms with Crippen molar-refractivity contribution in [3.8, 4) is 0 Å². The summed E-state index contributed by atoms with van der Waals surface area (Å²) in [7, 11) is 0. The van der Waals surface area contributed by atoms with E-state index in [4.69, 9.17) is 9.47 Å². The highest BCUT2D eigenvalue weighted by atomic mass is 16.5. The zero-order valence-corrected chi connectivity index (χ0v) is 29.9. The Balaban J connectivity index is 4.19. The van der Waals surface area contributed by atoms with Gasteiger partial charge in [0.25, 0.3) is 0 Å². The van der Waals surface area contributed by atoms with Crippen molar-refractivity contribution in [3.63, 3.8) is 0 Å². The number of hydrogen-bond acceptors (Lipinski definition) is 6. The Kier molecular flexibility index (Phi) is 32.4. The van der Waals surface area contributed by atoms with Gasteiger partial charge in [0.1, 0.15) is 0 Å². The predicted molar refractivity (Wildman–Crippen MR) is 186 cm³/mol. The maximum absolute atomic E-state index is 12.9. The van der Waals surface area contributed by atoms with Crippen LogP contribution in [0.5, 0.6) is 0 Å². The van der Waals surface area contributed by atoms with Gasteiger partial charge in [0.15, 0.2) is 0 Å². The molecule has 0 radical (unpaired) electrons. The zero-order chi connectivity index (χ0) is 32.5. The van der Waals surface area contributed by atoms with Crippen LogP contribution in [0.15, 0.2) is 0 Å². The fourth-order valence-electron chi connectivity index (χ4n) is 5.94. The van der Waals surface area contributed by atoms with E-state index < -0.39 is 0 Å². The van der Waals surface area contributed by atoms with Gasteiger partial charge in [0.2, 0.25) is 0 Å². The summed E-state index contributed by atoms with van der Waals surface area (Å²) in [6, 6.07) is 0. The van der Waals surface area contributed by atoms with E-state index in [9.17, 15) is 14.7 Å². The number of nitrogens with zero attached hydrogens (tertiary/aromatic N) is 1. The lowest BCUT2D eigenvalue weighted by Crippen LogP contribution is -2.31. The number of unbranched alkanes of at least 4 members (excludes halogenated alkanes) is 14. The number of ether oxygens (including phenoxy) is 2. The minimum absolute atomic E-state index is 0.0457. The fourth-order valence-corrected chi connectivity index (χ4v) is 5.94. The Labute approximate surface area is 273 Å². The molecule has 2 atom stereocenters. The topological polar surface area (TPSA) is 76.1 Å². The van der Waals surface area contributed by atoms with Crippen molar-refractivity contribution in [1.82, 2.24) is 4.90 Å². The summed E-state index contributed by atoms with van der Waals surface area (Å²) in [5, 5.41) is 9.37. The van der Waals surface area contributed by atoms with E-state index in [2.05, 4.69) is 32.6 Å². The summed E-state index contributed by atoms with van der Waals surface area (Å²) in [4.78, 5) is 27.1. The second kappa shape index (κ2) is 33.2. The molecule has 6 heteroatoms. The zero-order valence-electron chi connectivity index (χ0n) is 29.9. The Bertz CT molecular complexity index is 628. The summed E-state index contributed by atoms with van der Waals surface area (Å²) >= 11 is 0. The molecule has 0 fully saturated rings. The molecule has 0 aromatic heterocycles. The van der Waals surface area contributed by atoms with E-state index >= 15 is 0 Å². The highest BCUT2D eigenvalue weighted by Crippen LogP contribution is 2.21. The van der Waals surface area contributed by atoms with E-state index in [1.165, 1.54) is 51.4 Å². The van der Waals surface area contributed by atoms with Crippen molar-refractivity contribution in [1.29, 1.82) is 0 Å². The molecule has 44 heavy (non-hydrogen) atoms. The average Bonchev–Trinajstić information content (AvgIpc) is 3.01. The summed E-state index contributed by atoms with van der Waals surface area (Å²) in [6.45, 7) is 13.3. The normalized spacial score (nSPS) is 12.9. The van der Waals surface area contributed by atoms with Crippen molar-refractivity contribution >= 4 is 11.9 Å². The van der Waals surface area contributed by atoms with Crippen molar-refractivity contribution < 1.29 is 24.2 Å². The lowest BCUT2D eigenvalue weighted by Gasteiger charge is -2.25. The number of carbonyl (C=O) groups excluding carboxylic acids is 2. The first-order chi connectivity index (χ1) is 21.5. The Hall–Kier alpha value is -1.14. The van der Waals surface area contributed by atoms with E-state index in [1.807, 2.05) is 0 Å². The second-order valence-electron chi connectivity index (χ2n) is 13.3. The van der Waals surface area contributed by atoms with Gasteiger partial charge in [-0.25, -0.2) is 0 Å². The molecule has 0 aromatic carbocycles. The fraction of sp³-hybridized carbons (Fsp3) is 0.947. The van der Waals surface area contributed by atoms with Gasteiger partial charge in [-0.2, -0.15) is 0 Å². The smallest absolute Gasteiger partial charge is 0.308 e. The van der Waals surface area contributed by atoms with Crippen molar-refractivity contribution in [2.45, 2.75) is 182 Å². The minimum Gasteiger partial charge on any atom is -0.466 e. The number of rotatable bonds is 34. The Morgan fingerprint density at radius 3 is 1.77 bits per heavy atom. The van der Waals surface area contributed by atoms with Crippen LogP contribution in [0, 0.1) is 11.8 Å². The van der Waals surface area contributed by atoms with Gasteiger partial charge in [-0.1, -0.05) is 118 Å². The van der Waals surface area contributed by atoms with Crippen molar-refractivity contribution in [2.24, 2.45) is 11.8 Å². The summed E-state index contributed by atoms with van der Waals surface area (Å²) in [6.07, 6.45) is 26.4. The lowest BCUT2D eigenvalue weighted by molar-refractivity contribution is -0.149. The van der Waals surface area contributed by atoms with Gasteiger partial charge in [-0.3, -0.25) is 9.59 Å². The number of aliphatic hydroxyl groups is 1. The largest absolute Gasteiger partial charge is 0.466 e. The van der Waals surface area contributed by atoms with Gasteiger partial charge >= 0.3 is 11.9 Å². The second-order valence-corrected chi connectivity index (χ2v) is 13.3. The molecule has 0 heterocycles. The standard InChI is InChI=1S/C38H75NO5/c1-5-8-11-13-14-19-27-36(26-18-12-9-6-2)38(42)44-33-22-16-15-21-29-39(30-24-31-40)34-35(4)25-20-23-32-43-37(41)28-17-10-7-3/h35-36,40H,5-34H2,1-4H3. The first kappa shape index (κ1) is 42.9. The number of carbonyl (C=O) groups is 2. The van der Waals surface area contributed by atoms with Gasteiger partial charge in [-0.05, 0) is 70.3 Å². The third-order valence-electron chi connectivity index (χ3n) is 8.80. The van der Waals surface area contributed by atoms with Crippen LogP contribution in [0.3, 0.4) is 0 Å². The van der Waals surface area contributed by atoms with Crippen LogP contribution in [0.2, 0.25) is 0 Å². The van der Waals surface area contributed by atoms with Crippen LogP contribution in [0.25, 0.3) is 0 Å². The third-order valence-corrected chi connectivity index (χ3v) is 8.80. The van der Waals surface area contributed by atoms with Gasteiger partial charge in [-0.15, -0.1) is 0 Å². The molecule has 0 saturated carbocycles. The number of aliphatic hydroxyl groups excluding tert-OH is 1. The molecule has 0 aliphatic heterocycles. The molecule has 262 valence electrons. The van der Waals surface area contributed by atoms with Crippen LogP contribution in [0.4, 0.5) is 0 Å². The van der Waals surface area contributed by atoms with Gasteiger partial charge < -0.3 is 19.5 Å². The first-order valence-electron chi connectivity index (χ1n) is 19.1. The van der Waals surface area contributed by atoms with Gasteiger partial charge in [0, 0.05) is 26.1 Å². The van der Waals surface area contributed by atoms with E-state index in [0.29, 0.717) is 25.6 Å². The molecule has 0 bridgehead atoms. The first-order valence-corrected chi connectivity index (χ1v) is 19.1. The molecular weight excluding hydrogens is 550 g/mol. The van der Waals surface area contributed by atoms with E-state index in [-0.39, 0.29) is 24.5 Å². The number of hydrogen-bond donors (Lipinski definition) is 1. The third kappa shape index (κ3) is 28.3. The van der Waals surface area contributed by atoms with Crippen LogP contribution in [0.1, 0.15) is 182 Å². The van der Waals surface area contributed by atoms with Crippen LogP contribution in [-0.4, -0.2) is 61.4 Å². The quantitative estimate of drug-likeness (QED) is 0.0566. The highest BCUT2D eigenvalue weighted by Gasteiger charge is 2.19. The van der Waals surface area contributed by atoms with E-state index in [1.54, 1.807) is 0 Å². The van der Waals surface area contributed by atoms with Crippen LogP contribution < -0.4 is 0 Å². The maximum atomic E-state index is 12.9. The molecule has 2 unspecified atom stereocenters. The summed E-state index contributed by atoms with van der Waals surface area (Å²) < 4.78 is 11.1. The predicted octanol–water partition coefficient (Wildman–Crippen LogP) is 10.0. The van der Waals surface area contributed by atoms with E-state index in [0.717, 1.165) is 116 Å². The molecular formula is C38H75NO5. The molecule has 0 aliphatic rings. The Morgan fingerprint density at radius 2 is 1.09 bits per heavy atom. The molecule has 0 saturated heterocycles. The van der Waals surface area contributed by atoms with Crippen LogP contribution in [-0.2, 0) is 19.1 Å². The molecule has 6 nitrogen and oxygen atoms in total. The van der Waals surface area contributed by atoms with Gasteiger partial charge in [0.05, 0.1) is 19.1 Å². The summed E-state index contributed by atoms with van der Waals surface area (Å²) in [5.74, 6) is 0.667. The molecule has 1 N–H and O–H groups in total. The SMILES string of the molecule is CCCCCCCCC(CCCCCC)C(=O)OCCCCCCN(CCCO)CC(C)CCCCOC(=O)CCCCC. The monoisotopic (exact) mass is 626 g/mol. The highest BCUT2D eigenvalue weighted by molar-refractivity contribution is 5.72.